The van der Waals surface area contributed by atoms with Crippen molar-refractivity contribution in [1.82, 2.24) is 20.2 Å². The summed E-state index contributed by atoms with van der Waals surface area (Å²) in [7, 11) is 0. The van der Waals surface area contributed by atoms with Gasteiger partial charge in [0.2, 0.25) is 5.91 Å². The lowest BCUT2D eigenvalue weighted by atomic mass is 10.2. The van der Waals surface area contributed by atoms with Crippen molar-refractivity contribution in [3.8, 4) is 0 Å². The first-order valence-electron chi connectivity index (χ1n) is 5.33. The Morgan fingerprint density at radius 2 is 2.22 bits per heavy atom. The number of imidazole rings is 1. The Morgan fingerprint density at radius 3 is 2.94 bits per heavy atom. The quantitative estimate of drug-likeness (QED) is 0.820. The Hall–Kier alpha value is -1.89. The van der Waals surface area contributed by atoms with Crippen molar-refractivity contribution in [2.24, 2.45) is 0 Å². The van der Waals surface area contributed by atoms with Crippen molar-refractivity contribution in [3.63, 3.8) is 0 Å². The molecule has 18 heavy (non-hydrogen) atoms. The van der Waals surface area contributed by atoms with Crippen LogP contribution in [-0.4, -0.2) is 21.2 Å². The van der Waals surface area contributed by atoms with Gasteiger partial charge in [-0.3, -0.25) is 20.4 Å². The molecule has 0 saturated carbocycles. The molecule has 0 bridgehead atoms. The fourth-order valence-corrected chi connectivity index (χ4v) is 1.90. The second kappa shape index (κ2) is 5.18. The molecular weight excluding hydrogens is 300 g/mol. The summed E-state index contributed by atoms with van der Waals surface area (Å²) in [4.78, 5) is 27.1. The molecule has 0 aromatic carbocycles. The van der Waals surface area contributed by atoms with Crippen molar-refractivity contribution in [2.75, 3.05) is 0 Å². The van der Waals surface area contributed by atoms with Gasteiger partial charge in [-0.25, -0.2) is 4.98 Å². The molecule has 7 heteroatoms. The molecule has 0 saturated heterocycles. The largest absolute Gasteiger partial charge is 0.305 e. The van der Waals surface area contributed by atoms with E-state index < -0.39 is 5.91 Å². The van der Waals surface area contributed by atoms with Crippen molar-refractivity contribution in [3.05, 3.63) is 34.7 Å². The Balaban J connectivity index is 2.27. The number of nitrogens with zero attached hydrogens (tertiary/aromatic N) is 2. The number of halogens is 1. The monoisotopic (exact) mass is 310 g/mol. The Morgan fingerprint density at radius 1 is 1.44 bits per heavy atom. The summed E-state index contributed by atoms with van der Waals surface area (Å²) in [6.07, 6.45) is 5.44. The molecule has 2 aromatic rings. The zero-order valence-corrected chi connectivity index (χ0v) is 11.2. The number of fused-ring (bicyclic) bond motifs is 1. The van der Waals surface area contributed by atoms with Gasteiger partial charge in [0.05, 0.1) is 5.56 Å². The molecular formula is C11H11BrN4O2. The first kappa shape index (κ1) is 12.6. The van der Waals surface area contributed by atoms with E-state index >= 15 is 0 Å². The van der Waals surface area contributed by atoms with Crippen LogP contribution in [0.25, 0.3) is 5.65 Å². The normalized spacial score (nSPS) is 10.3. The first-order valence-corrected chi connectivity index (χ1v) is 6.12. The predicted octanol–water partition coefficient (Wildman–Crippen LogP) is 1.27. The first-order chi connectivity index (χ1) is 8.61. The molecule has 0 aliphatic rings. The molecule has 0 spiro atoms. The van der Waals surface area contributed by atoms with Crippen molar-refractivity contribution in [1.29, 1.82) is 0 Å². The molecule has 0 unspecified atom stereocenters. The number of hydrogen-bond donors (Lipinski definition) is 2. The van der Waals surface area contributed by atoms with Gasteiger partial charge in [-0.05, 0) is 22.0 Å². The molecule has 0 aliphatic heterocycles. The van der Waals surface area contributed by atoms with Crippen LogP contribution in [0, 0.1) is 0 Å². The summed E-state index contributed by atoms with van der Waals surface area (Å²) in [5.74, 6) is -0.660. The molecule has 2 amide bonds. The highest BCUT2D eigenvalue weighted by atomic mass is 79.9. The van der Waals surface area contributed by atoms with Crippen LogP contribution in [0.15, 0.2) is 29.1 Å². The van der Waals surface area contributed by atoms with E-state index in [1.807, 2.05) is 0 Å². The lowest BCUT2D eigenvalue weighted by Crippen LogP contribution is -2.41. The zero-order valence-electron chi connectivity index (χ0n) is 9.61. The Labute approximate surface area is 111 Å². The number of carbonyl (C=O) groups is 2. The molecule has 2 heterocycles. The molecule has 2 rings (SSSR count). The lowest BCUT2D eigenvalue weighted by molar-refractivity contribution is -0.121. The molecule has 2 aromatic heterocycles. The summed E-state index contributed by atoms with van der Waals surface area (Å²) < 4.78 is 2.47. The average Bonchev–Trinajstić information content (AvgIpc) is 2.82. The molecule has 0 atom stereocenters. The predicted molar refractivity (Wildman–Crippen MR) is 68.8 cm³/mol. The van der Waals surface area contributed by atoms with Crippen LogP contribution in [0.2, 0.25) is 0 Å². The van der Waals surface area contributed by atoms with Gasteiger partial charge in [-0.2, -0.15) is 0 Å². The van der Waals surface area contributed by atoms with E-state index in [9.17, 15) is 9.59 Å². The number of carbonyl (C=O) groups excluding carboxylic acids is 2. The number of pyridine rings is 1. The number of rotatable bonds is 2. The maximum absolute atomic E-state index is 11.9. The summed E-state index contributed by atoms with van der Waals surface area (Å²) in [5.41, 5.74) is 5.57. The second-order valence-electron chi connectivity index (χ2n) is 3.59. The standard InChI is InChI=1S/C11H11BrN4O2/c1-2-9(17)14-15-11(18)8-5-7(12)6-16-4-3-13-10(8)16/h3-6H,2H2,1H3,(H,14,17)(H,15,18). The van der Waals surface area contributed by atoms with Gasteiger partial charge in [0.25, 0.3) is 5.91 Å². The topological polar surface area (TPSA) is 75.5 Å². The lowest BCUT2D eigenvalue weighted by Gasteiger charge is -2.07. The number of amides is 2. The fraction of sp³-hybridized carbons (Fsp3) is 0.182. The van der Waals surface area contributed by atoms with Crippen molar-refractivity contribution < 1.29 is 9.59 Å². The van der Waals surface area contributed by atoms with E-state index in [-0.39, 0.29) is 5.91 Å². The summed E-state index contributed by atoms with van der Waals surface area (Å²) in [5, 5.41) is 0. The van der Waals surface area contributed by atoms with Gasteiger partial charge in [0.15, 0.2) is 0 Å². The van der Waals surface area contributed by atoms with E-state index in [1.54, 1.807) is 36.0 Å². The highest BCUT2D eigenvalue weighted by Gasteiger charge is 2.13. The van der Waals surface area contributed by atoms with Gasteiger partial charge >= 0.3 is 0 Å². The van der Waals surface area contributed by atoms with Crippen molar-refractivity contribution in [2.45, 2.75) is 13.3 Å². The van der Waals surface area contributed by atoms with Crippen molar-refractivity contribution >= 4 is 33.4 Å². The van der Waals surface area contributed by atoms with Gasteiger partial charge in [-0.1, -0.05) is 6.92 Å². The Kier molecular flexibility index (Phi) is 3.61. The van der Waals surface area contributed by atoms with Crippen LogP contribution in [0.1, 0.15) is 23.7 Å². The highest BCUT2D eigenvalue weighted by Crippen LogP contribution is 2.16. The van der Waals surface area contributed by atoms with Crippen LogP contribution >= 0.6 is 15.9 Å². The van der Waals surface area contributed by atoms with E-state index in [2.05, 4.69) is 31.8 Å². The smallest absolute Gasteiger partial charge is 0.273 e. The van der Waals surface area contributed by atoms with E-state index in [4.69, 9.17) is 0 Å². The highest BCUT2D eigenvalue weighted by molar-refractivity contribution is 9.10. The van der Waals surface area contributed by atoms with Crippen LogP contribution in [0.3, 0.4) is 0 Å². The molecule has 6 nitrogen and oxygen atoms in total. The van der Waals surface area contributed by atoms with E-state index in [0.717, 1.165) is 4.47 Å². The van der Waals surface area contributed by atoms with Gasteiger partial charge < -0.3 is 4.40 Å². The van der Waals surface area contributed by atoms with E-state index in [1.165, 1.54) is 0 Å². The van der Waals surface area contributed by atoms with Crippen LogP contribution in [0.4, 0.5) is 0 Å². The third-order valence-corrected chi connectivity index (χ3v) is 2.77. The molecule has 0 aliphatic carbocycles. The third-order valence-electron chi connectivity index (χ3n) is 2.34. The molecule has 0 radical (unpaired) electrons. The summed E-state index contributed by atoms with van der Waals surface area (Å²) >= 11 is 3.31. The number of aromatic nitrogens is 2. The third kappa shape index (κ3) is 2.51. The molecule has 94 valence electrons. The van der Waals surface area contributed by atoms with Gasteiger partial charge in [0.1, 0.15) is 5.65 Å². The summed E-state index contributed by atoms with van der Waals surface area (Å²) in [6, 6.07) is 1.65. The second-order valence-corrected chi connectivity index (χ2v) is 4.50. The maximum atomic E-state index is 11.9. The average molecular weight is 311 g/mol. The zero-order chi connectivity index (χ0) is 13.1. The number of hydrogen-bond acceptors (Lipinski definition) is 3. The minimum absolute atomic E-state index is 0.252. The SMILES string of the molecule is CCC(=O)NNC(=O)c1cc(Br)cn2ccnc12. The van der Waals surface area contributed by atoms with Crippen LogP contribution in [0.5, 0.6) is 0 Å². The summed E-state index contributed by atoms with van der Waals surface area (Å²) in [6.45, 7) is 1.70. The fourth-order valence-electron chi connectivity index (χ4n) is 1.45. The number of nitrogens with one attached hydrogen (secondary N) is 2. The minimum Gasteiger partial charge on any atom is -0.305 e. The van der Waals surface area contributed by atoms with Crippen LogP contribution in [-0.2, 0) is 4.79 Å². The molecule has 0 fully saturated rings. The van der Waals surface area contributed by atoms with Gasteiger partial charge in [-0.15, -0.1) is 0 Å². The van der Waals surface area contributed by atoms with Crippen LogP contribution < -0.4 is 10.9 Å². The minimum atomic E-state index is -0.408. The van der Waals surface area contributed by atoms with E-state index in [0.29, 0.717) is 17.6 Å². The molecule has 2 N–H and O–H groups in total. The van der Waals surface area contributed by atoms with Gasteiger partial charge in [0, 0.05) is 29.5 Å². The number of hydrazine groups is 1. The maximum Gasteiger partial charge on any atom is 0.273 e. The Bertz CT molecular complexity index is 608.